The molecule has 0 fully saturated rings. The molecule has 4 N–H and O–H groups in total. The number of sulfonamides is 1. The van der Waals surface area contributed by atoms with Gasteiger partial charge in [-0.1, -0.05) is 12.1 Å². The van der Waals surface area contributed by atoms with Crippen LogP contribution in [0.3, 0.4) is 0 Å². The lowest BCUT2D eigenvalue weighted by molar-refractivity contribution is 0.574. The molecule has 1 aromatic heterocycles. The van der Waals surface area contributed by atoms with Crippen molar-refractivity contribution in [3.8, 4) is 0 Å². The first-order valence-corrected chi connectivity index (χ1v) is 7.41. The molecule has 1 heterocycles. The number of nitrogens with two attached hydrogens (primary N) is 1. The van der Waals surface area contributed by atoms with Gasteiger partial charge in [-0.25, -0.2) is 17.5 Å². The number of hydrogen-bond donors (Lipinski definition) is 3. The predicted octanol–water partition coefficient (Wildman–Crippen LogP) is 0.983. The topological polar surface area (TPSA) is 109 Å². The van der Waals surface area contributed by atoms with E-state index in [-0.39, 0.29) is 28.4 Å². The van der Waals surface area contributed by atoms with Crippen molar-refractivity contribution in [2.45, 2.75) is 11.4 Å². The van der Waals surface area contributed by atoms with Crippen molar-refractivity contribution in [3.05, 3.63) is 59.7 Å². The Kier molecular flexibility index (Phi) is 4.29. The lowest BCUT2D eigenvalue weighted by atomic mass is 10.1. The average molecular weight is 308 g/mol. The van der Waals surface area contributed by atoms with Crippen LogP contribution >= 0.6 is 0 Å². The molecule has 0 aliphatic heterocycles. The first-order valence-electron chi connectivity index (χ1n) is 5.92. The van der Waals surface area contributed by atoms with Gasteiger partial charge in [-0.2, -0.15) is 0 Å². The zero-order valence-electron chi connectivity index (χ0n) is 10.9. The Morgan fingerprint density at radius 3 is 2.71 bits per heavy atom. The molecule has 0 radical (unpaired) electrons. The summed E-state index contributed by atoms with van der Waals surface area (Å²) in [5.74, 6) is -0.882. The van der Waals surface area contributed by atoms with Crippen LogP contribution in [0.1, 0.15) is 11.1 Å². The summed E-state index contributed by atoms with van der Waals surface area (Å²) in [4.78, 5) is 3.73. The van der Waals surface area contributed by atoms with Crippen LogP contribution in [0.4, 0.5) is 4.39 Å². The summed E-state index contributed by atoms with van der Waals surface area (Å²) >= 11 is 0. The molecule has 8 heteroatoms. The quantitative estimate of drug-likeness (QED) is 0.565. The maximum absolute atomic E-state index is 13.8. The number of nitrogens with zero attached hydrogens (tertiary/aromatic N) is 1. The number of pyridine rings is 1. The Balaban J connectivity index is 2.15. The highest BCUT2D eigenvalue weighted by Gasteiger charge is 2.15. The van der Waals surface area contributed by atoms with Gasteiger partial charge in [0, 0.05) is 30.1 Å². The van der Waals surface area contributed by atoms with Crippen molar-refractivity contribution in [2.24, 2.45) is 5.73 Å². The molecule has 0 saturated carbocycles. The molecule has 0 aliphatic carbocycles. The number of aromatic nitrogens is 1. The molecule has 0 bridgehead atoms. The van der Waals surface area contributed by atoms with Gasteiger partial charge in [0.2, 0.25) is 10.0 Å². The molecule has 110 valence electrons. The SMILES string of the molecule is N=C(N)c1ccc(CNS(=O)(=O)c2cccnc2)c(F)c1. The smallest absolute Gasteiger partial charge is 0.242 e. The van der Waals surface area contributed by atoms with Crippen LogP contribution in [0.5, 0.6) is 0 Å². The highest BCUT2D eigenvalue weighted by Crippen LogP contribution is 2.12. The molecular formula is C13H13FN4O2S. The van der Waals surface area contributed by atoms with Gasteiger partial charge in [-0.15, -0.1) is 0 Å². The third-order valence-corrected chi connectivity index (χ3v) is 4.15. The van der Waals surface area contributed by atoms with Crippen LogP contribution < -0.4 is 10.5 Å². The Hall–Kier alpha value is -2.32. The summed E-state index contributed by atoms with van der Waals surface area (Å²) in [6, 6.07) is 6.83. The number of benzene rings is 1. The van der Waals surface area contributed by atoms with E-state index in [1.54, 1.807) is 0 Å². The second-order valence-electron chi connectivity index (χ2n) is 4.23. The van der Waals surface area contributed by atoms with E-state index in [0.29, 0.717) is 0 Å². The van der Waals surface area contributed by atoms with E-state index in [1.165, 1.54) is 36.7 Å². The zero-order valence-corrected chi connectivity index (χ0v) is 11.7. The molecular weight excluding hydrogens is 295 g/mol. The van der Waals surface area contributed by atoms with E-state index in [0.717, 1.165) is 6.07 Å². The molecule has 0 aliphatic rings. The standard InChI is InChI=1S/C13H13FN4O2S/c14-12-6-9(13(15)16)3-4-10(12)7-18-21(19,20)11-2-1-5-17-8-11/h1-6,8,18H,7H2,(H3,15,16). The van der Waals surface area contributed by atoms with Crippen LogP contribution in [-0.4, -0.2) is 19.2 Å². The van der Waals surface area contributed by atoms with Crippen LogP contribution in [-0.2, 0) is 16.6 Å². The Morgan fingerprint density at radius 1 is 1.38 bits per heavy atom. The van der Waals surface area contributed by atoms with Gasteiger partial charge in [0.15, 0.2) is 0 Å². The summed E-state index contributed by atoms with van der Waals surface area (Å²) in [5, 5.41) is 7.21. The molecule has 2 rings (SSSR count). The van der Waals surface area contributed by atoms with Crippen LogP contribution in [0, 0.1) is 11.2 Å². The lowest BCUT2D eigenvalue weighted by Gasteiger charge is -2.08. The number of amidine groups is 1. The van der Waals surface area contributed by atoms with E-state index < -0.39 is 15.8 Å². The van der Waals surface area contributed by atoms with Crippen molar-refractivity contribution in [1.29, 1.82) is 5.41 Å². The Labute approximate surface area is 121 Å². The van der Waals surface area contributed by atoms with E-state index in [9.17, 15) is 12.8 Å². The fourth-order valence-corrected chi connectivity index (χ4v) is 2.59. The average Bonchev–Trinajstić information content (AvgIpc) is 2.46. The number of rotatable bonds is 5. The number of nitrogen functional groups attached to an aromatic ring is 1. The first kappa shape index (κ1) is 15.1. The number of halogens is 1. The normalized spacial score (nSPS) is 11.3. The van der Waals surface area contributed by atoms with Gasteiger partial charge < -0.3 is 5.73 Å². The van der Waals surface area contributed by atoms with Crippen molar-refractivity contribution < 1.29 is 12.8 Å². The van der Waals surface area contributed by atoms with Gasteiger partial charge in [-0.05, 0) is 18.2 Å². The highest BCUT2D eigenvalue weighted by atomic mass is 32.2. The minimum Gasteiger partial charge on any atom is -0.384 e. The molecule has 6 nitrogen and oxygen atoms in total. The lowest BCUT2D eigenvalue weighted by Crippen LogP contribution is -2.24. The third-order valence-electron chi connectivity index (χ3n) is 2.76. The van der Waals surface area contributed by atoms with E-state index in [1.807, 2.05) is 0 Å². The monoisotopic (exact) mass is 308 g/mol. The molecule has 0 saturated heterocycles. The number of hydrogen-bond acceptors (Lipinski definition) is 4. The van der Waals surface area contributed by atoms with Crippen molar-refractivity contribution >= 4 is 15.9 Å². The van der Waals surface area contributed by atoms with Crippen LogP contribution in [0.25, 0.3) is 0 Å². The third kappa shape index (κ3) is 3.61. The molecule has 0 unspecified atom stereocenters. The molecule has 0 amide bonds. The van der Waals surface area contributed by atoms with Crippen LogP contribution in [0.15, 0.2) is 47.6 Å². The predicted molar refractivity (Wildman–Crippen MR) is 75.7 cm³/mol. The first-order chi connectivity index (χ1) is 9.90. The summed E-state index contributed by atoms with van der Waals surface area (Å²) in [6.45, 7) is -0.207. The summed E-state index contributed by atoms with van der Waals surface area (Å²) in [5.41, 5.74) is 5.65. The molecule has 1 aromatic carbocycles. The summed E-state index contributed by atoms with van der Waals surface area (Å²) in [7, 11) is -3.75. The van der Waals surface area contributed by atoms with Crippen molar-refractivity contribution in [1.82, 2.24) is 9.71 Å². The molecule has 2 aromatic rings. The fourth-order valence-electron chi connectivity index (χ4n) is 1.62. The van der Waals surface area contributed by atoms with Gasteiger partial charge in [-0.3, -0.25) is 10.4 Å². The summed E-state index contributed by atoms with van der Waals surface area (Å²) < 4.78 is 40.0. The van der Waals surface area contributed by atoms with E-state index in [2.05, 4.69) is 9.71 Å². The Bertz CT molecular complexity index is 763. The van der Waals surface area contributed by atoms with Crippen molar-refractivity contribution in [2.75, 3.05) is 0 Å². The van der Waals surface area contributed by atoms with Gasteiger partial charge in [0.05, 0.1) is 0 Å². The second-order valence-corrected chi connectivity index (χ2v) is 6.00. The zero-order chi connectivity index (χ0) is 15.5. The van der Waals surface area contributed by atoms with Crippen LogP contribution in [0.2, 0.25) is 0 Å². The van der Waals surface area contributed by atoms with Gasteiger partial charge >= 0.3 is 0 Å². The second kappa shape index (κ2) is 5.98. The molecule has 0 spiro atoms. The minimum absolute atomic E-state index is 0.00534. The number of nitrogens with one attached hydrogen (secondary N) is 2. The van der Waals surface area contributed by atoms with Gasteiger partial charge in [0.25, 0.3) is 0 Å². The minimum atomic E-state index is -3.75. The largest absolute Gasteiger partial charge is 0.384 e. The van der Waals surface area contributed by atoms with E-state index in [4.69, 9.17) is 11.1 Å². The summed E-state index contributed by atoms with van der Waals surface area (Å²) in [6.07, 6.45) is 2.66. The maximum atomic E-state index is 13.8. The Morgan fingerprint density at radius 2 is 2.14 bits per heavy atom. The van der Waals surface area contributed by atoms with Crippen molar-refractivity contribution in [3.63, 3.8) is 0 Å². The maximum Gasteiger partial charge on any atom is 0.242 e. The highest BCUT2D eigenvalue weighted by molar-refractivity contribution is 7.89. The fraction of sp³-hybridized carbons (Fsp3) is 0.0769. The molecule has 21 heavy (non-hydrogen) atoms. The molecule has 0 atom stereocenters. The van der Waals surface area contributed by atoms with E-state index >= 15 is 0 Å². The van der Waals surface area contributed by atoms with Gasteiger partial charge in [0.1, 0.15) is 16.5 Å².